The molecular weight excluding hydrogens is 462 g/mol. The lowest BCUT2D eigenvalue weighted by atomic mass is 10.2. The van der Waals surface area contributed by atoms with E-state index >= 15 is 0 Å². The van der Waals surface area contributed by atoms with Crippen LogP contribution in [0.3, 0.4) is 0 Å². The van der Waals surface area contributed by atoms with Crippen molar-refractivity contribution in [2.75, 3.05) is 0 Å². The van der Waals surface area contributed by atoms with Gasteiger partial charge in [-0.2, -0.15) is 0 Å². The Hall–Kier alpha value is -3.24. The van der Waals surface area contributed by atoms with Gasteiger partial charge in [-0.3, -0.25) is 0 Å². The second kappa shape index (κ2) is 9.43. The Morgan fingerprint density at radius 1 is 0.514 bits per heavy atom. The number of hydrogen-bond donors (Lipinski definition) is 0. The number of rotatable bonds is 4. The fraction of sp³-hybridized carbons (Fsp3) is 0.0625. The van der Waals surface area contributed by atoms with Crippen molar-refractivity contribution in [3.8, 4) is 11.5 Å². The summed E-state index contributed by atoms with van der Waals surface area (Å²) in [5.74, 6) is 1.97. The molecule has 1 aliphatic rings. The minimum absolute atomic E-state index is 0.710. The van der Waals surface area contributed by atoms with Crippen LogP contribution in [0.4, 0.5) is 0 Å². The lowest BCUT2D eigenvalue weighted by Crippen LogP contribution is -2.36. The fourth-order valence-electron chi connectivity index (χ4n) is 4.71. The van der Waals surface area contributed by atoms with Crippen LogP contribution in [-0.4, -0.2) is 0 Å². The zero-order chi connectivity index (χ0) is 23.8. The maximum atomic E-state index is 6.43. The van der Waals surface area contributed by atoms with Gasteiger partial charge in [0.25, 0.3) is 0 Å². The molecule has 1 aliphatic heterocycles. The molecule has 1 nitrogen and oxygen atoms in total. The second-order valence-electron chi connectivity index (χ2n) is 8.88. The van der Waals surface area contributed by atoms with Crippen molar-refractivity contribution in [3.05, 3.63) is 132 Å². The maximum Gasteiger partial charge on any atom is 0.135 e. The van der Waals surface area contributed by atoms with Gasteiger partial charge < -0.3 is 4.74 Å². The number of ether oxygens (including phenoxy) is 1. The first-order valence-electron chi connectivity index (χ1n) is 11.9. The lowest BCUT2D eigenvalue weighted by molar-refractivity contribution is 0.488. The van der Waals surface area contributed by atoms with Gasteiger partial charge in [0.1, 0.15) is 11.5 Å². The lowest BCUT2D eigenvalue weighted by Gasteiger charge is -2.32. The van der Waals surface area contributed by atoms with Crippen LogP contribution in [0.5, 0.6) is 11.5 Å². The molecule has 0 spiro atoms. The van der Waals surface area contributed by atoms with Gasteiger partial charge in [0.2, 0.25) is 0 Å². The molecule has 0 bridgehead atoms. The number of fused-ring (bicyclic) bond motifs is 2. The highest BCUT2D eigenvalue weighted by atomic mass is 31.1. The molecular formula is C32H26OP2. The van der Waals surface area contributed by atoms with E-state index in [-0.39, 0.29) is 0 Å². The average molecular weight is 489 g/mol. The van der Waals surface area contributed by atoms with Crippen molar-refractivity contribution in [1.82, 2.24) is 0 Å². The summed E-state index contributed by atoms with van der Waals surface area (Å²) < 4.78 is 6.43. The molecule has 0 N–H and O–H groups in total. The summed E-state index contributed by atoms with van der Waals surface area (Å²) in [7, 11) is -1.48. The van der Waals surface area contributed by atoms with Crippen LogP contribution in [0.2, 0.25) is 0 Å². The van der Waals surface area contributed by atoms with Crippen molar-refractivity contribution in [2.24, 2.45) is 0 Å². The standard InChI is InChI=1S/C32H26OP2/c1-23-17-19-27-31(21-23)35(32-22-24(2)18-20-28(32)33-27)30-16-10-9-15-29(30)34(25-11-5-3-6-12-25)26-13-7-4-8-14-26/h3-22H,1-2H3. The first-order chi connectivity index (χ1) is 17.2. The molecule has 6 rings (SSSR count). The van der Waals surface area contributed by atoms with E-state index in [4.69, 9.17) is 4.74 Å². The quantitative estimate of drug-likeness (QED) is 0.280. The van der Waals surface area contributed by atoms with Crippen molar-refractivity contribution in [3.63, 3.8) is 0 Å². The van der Waals surface area contributed by atoms with Crippen LogP contribution in [0, 0.1) is 13.8 Å². The number of hydrogen-bond acceptors (Lipinski definition) is 1. The summed E-state index contributed by atoms with van der Waals surface area (Å²) in [6.45, 7) is 4.35. The molecule has 5 aromatic rings. The fourth-order valence-corrected chi connectivity index (χ4v) is 10.3. The summed E-state index contributed by atoms with van der Waals surface area (Å²) in [4.78, 5) is 0. The smallest absolute Gasteiger partial charge is 0.135 e. The predicted octanol–water partition coefficient (Wildman–Crippen LogP) is 5.93. The van der Waals surface area contributed by atoms with Crippen molar-refractivity contribution in [1.29, 1.82) is 0 Å². The van der Waals surface area contributed by atoms with E-state index in [9.17, 15) is 0 Å². The molecule has 0 amide bonds. The third-order valence-corrected chi connectivity index (χ3v) is 11.5. The van der Waals surface area contributed by atoms with Crippen molar-refractivity contribution < 1.29 is 4.74 Å². The van der Waals surface area contributed by atoms with E-state index in [1.807, 2.05) is 0 Å². The summed E-state index contributed by atoms with van der Waals surface area (Å²) in [6.07, 6.45) is 0. The Labute approximate surface area is 209 Å². The van der Waals surface area contributed by atoms with Gasteiger partial charge in [-0.1, -0.05) is 108 Å². The van der Waals surface area contributed by atoms with E-state index in [1.54, 1.807) is 0 Å². The van der Waals surface area contributed by atoms with Gasteiger partial charge in [0.15, 0.2) is 0 Å². The van der Waals surface area contributed by atoms with Crippen LogP contribution in [0.25, 0.3) is 0 Å². The summed E-state index contributed by atoms with van der Waals surface area (Å²) in [5.41, 5.74) is 2.53. The zero-order valence-corrected chi connectivity index (χ0v) is 21.6. The summed E-state index contributed by atoms with van der Waals surface area (Å²) in [5, 5.41) is 8.20. The molecule has 3 heteroatoms. The number of benzene rings is 5. The topological polar surface area (TPSA) is 9.23 Å². The molecule has 0 radical (unpaired) electrons. The SMILES string of the molecule is Cc1ccc2c(c1)P(c1ccccc1P(c1ccccc1)c1ccccc1)c1cc(C)ccc1O2. The van der Waals surface area contributed by atoms with Gasteiger partial charge >= 0.3 is 0 Å². The normalized spacial score (nSPS) is 12.7. The molecule has 35 heavy (non-hydrogen) atoms. The second-order valence-corrected chi connectivity index (χ2v) is 13.2. The third kappa shape index (κ3) is 4.21. The van der Waals surface area contributed by atoms with Gasteiger partial charge in [-0.05, 0) is 75.2 Å². The third-order valence-electron chi connectivity index (χ3n) is 6.32. The Balaban J connectivity index is 1.62. The maximum absolute atomic E-state index is 6.43. The highest BCUT2D eigenvalue weighted by Gasteiger charge is 2.32. The molecule has 0 aliphatic carbocycles. The molecule has 1 heterocycles. The Kier molecular flexibility index (Phi) is 5.99. The van der Waals surface area contributed by atoms with Gasteiger partial charge in [-0.25, -0.2) is 0 Å². The Morgan fingerprint density at radius 2 is 1.00 bits per heavy atom. The van der Waals surface area contributed by atoms with E-state index in [1.165, 1.54) is 43.0 Å². The molecule has 0 aromatic heterocycles. The first-order valence-corrected chi connectivity index (χ1v) is 14.6. The molecule has 0 saturated heterocycles. The van der Waals surface area contributed by atoms with Crippen LogP contribution in [-0.2, 0) is 0 Å². The molecule has 0 saturated carbocycles. The highest BCUT2D eigenvalue weighted by Crippen LogP contribution is 2.46. The molecule has 0 unspecified atom stereocenters. The van der Waals surface area contributed by atoms with Crippen LogP contribution < -0.4 is 36.6 Å². The van der Waals surface area contributed by atoms with Crippen LogP contribution >= 0.6 is 15.8 Å². The number of aryl methyl sites for hydroxylation is 2. The molecule has 170 valence electrons. The van der Waals surface area contributed by atoms with Gasteiger partial charge in [-0.15, -0.1) is 0 Å². The van der Waals surface area contributed by atoms with E-state index in [2.05, 4.69) is 135 Å². The molecule has 0 fully saturated rings. The molecule has 5 aromatic carbocycles. The Bertz CT molecular complexity index is 1400. The van der Waals surface area contributed by atoms with Gasteiger partial charge in [0.05, 0.1) is 0 Å². The molecule has 0 atom stereocenters. The van der Waals surface area contributed by atoms with E-state index in [0.717, 1.165) is 11.5 Å². The monoisotopic (exact) mass is 488 g/mol. The summed E-state index contributed by atoms with van der Waals surface area (Å²) in [6, 6.07) is 44.3. The predicted molar refractivity (Wildman–Crippen MR) is 153 cm³/mol. The Morgan fingerprint density at radius 3 is 1.54 bits per heavy atom. The summed E-state index contributed by atoms with van der Waals surface area (Å²) >= 11 is 0. The van der Waals surface area contributed by atoms with E-state index < -0.39 is 15.8 Å². The van der Waals surface area contributed by atoms with Crippen LogP contribution in [0.15, 0.2) is 121 Å². The van der Waals surface area contributed by atoms with Crippen molar-refractivity contribution >= 4 is 47.7 Å². The minimum Gasteiger partial charge on any atom is -0.456 e. The average Bonchev–Trinajstić information content (AvgIpc) is 2.89. The largest absolute Gasteiger partial charge is 0.456 e. The highest BCUT2D eigenvalue weighted by molar-refractivity contribution is 7.85. The van der Waals surface area contributed by atoms with Gasteiger partial charge in [0, 0.05) is 10.6 Å². The first kappa shape index (κ1) is 22.2. The van der Waals surface area contributed by atoms with Crippen molar-refractivity contribution in [2.45, 2.75) is 13.8 Å². The van der Waals surface area contributed by atoms with E-state index in [0.29, 0.717) is 0 Å². The zero-order valence-electron chi connectivity index (χ0n) is 19.8. The van der Waals surface area contributed by atoms with Crippen LogP contribution in [0.1, 0.15) is 11.1 Å². The minimum atomic E-state index is -0.774.